The number of carbonyl (C=O) groups excluding carboxylic acids is 1. The van der Waals surface area contributed by atoms with Crippen LogP contribution in [-0.4, -0.2) is 28.6 Å². The van der Waals surface area contributed by atoms with Crippen molar-refractivity contribution in [1.82, 2.24) is 0 Å². The largest absolute Gasteiger partial charge is 0.507 e. The lowest BCUT2D eigenvalue weighted by atomic mass is 9.69. The summed E-state index contributed by atoms with van der Waals surface area (Å²) in [6.45, 7) is 11.8. The zero-order chi connectivity index (χ0) is 24.1. The quantitative estimate of drug-likeness (QED) is 0.457. The van der Waals surface area contributed by atoms with Gasteiger partial charge in [0.15, 0.2) is 5.78 Å². The first-order valence-electron chi connectivity index (χ1n) is 11.1. The minimum Gasteiger partial charge on any atom is -0.507 e. The Morgan fingerprint density at radius 3 is 2.19 bits per heavy atom. The summed E-state index contributed by atoms with van der Waals surface area (Å²) in [6.07, 6.45) is 4.10. The van der Waals surface area contributed by atoms with E-state index in [1.54, 1.807) is 0 Å². The fourth-order valence-electron chi connectivity index (χ4n) is 4.03. The number of aliphatic carboxylic acids is 1. The van der Waals surface area contributed by atoms with Gasteiger partial charge in [0.25, 0.3) is 0 Å². The summed E-state index contributed by atoms with van der Waals surface area (Å²) in [5.41, 5.74) is 3.94. The van der Waals surface area contributed by atoms with Gasteiger partial charge < -0.3 is 14.9 Å². The first kappa shape index (κ1) is 25.2. The molecule has 0 aliphatic carbocycles. The van der Waals surface area contributed by atoms with Crippen molar-refractivity contribution in [2.24, 2.45) is 5.92 Å². The van der Waals surface area contributed by atoms with Crippen LogP contribution in [0.5, 0.6) is 11.5 Å². The molecule has 2 rings (SSSR count). The third-order valence-electron chi connectivity index (χ3n) is 6.24. The van der Waals surface area contributed by atoms with E-state index < -0.39 is 5.97 Å². The van der Waals surface area contributed by atoms with Crippen LogP contribution in [0.4, 0.5) is 0 Å². The van der Waals surface area contributed by atoms with Crippen molar-refractivity contribution in [2.75, 3.05) is 6.61 Å². The molecule has 2 aromatic rings. The van der Waals surface area contributed by atoms with Crippen LogP contribution in [0.25, 0.3) is 6.08 Å². The van der Waals surface area contributed by atoms with E-state index in [0.717, 1.165) is 35.6 Å². The van der Waals surface area contributed by atoms with Gasteiger partial charge in [-0.15, -0.1) is 0 Å². The number of carboxylic acids is 1. The lowest BCUT2D eigenvalue weighted by Gasteiger charge is -2.34. The van der Waals surface area contributed by atoms with Crippen molar-refractivity contribution in [3.05, 3.63) is 64.2 Å². The highest BCUT2D eigenvalue weighted by Gasteiger charge is 2.32. The minimum absolute atomic E-state index is 0.0565. The molecule has 2 aromatic carbocycles. The van der Waals surface area contributed by atoms with Gasteiger partial charge in [-0.3, -0.25) is 4.79 Å². The van der Waals surface area contributed by atoms with Crippen LogP contribution in [0.15, 0.2) is 36.4 Å². The fourth-order valence-corrected chi connectivity index (χ4v) is 4.03. The number of hydrogen-bond donors (Lipinski definition) is 2. The number of rotatable bonds is 10. The third kappa shape index (κ3) is 5.39. The van der Waals surface area contributed by atoms with E-state index in [4.69, 9.17) is 9.84 Å². The van der Waals surface area contributed by atoms with Crippen LogP contribution in [-0.2, 0) is 15.0 Å². The molecule has 0 aliphatic rings. The van der Waals surface area contributed by atoms with Gasteiger partial charge in [-0.25, -0.2) is 4.79 Å². The van der Waals surface area contributed by atoms with Gasteiger partial charge in [-0.1, -0.05) is 45.9 Å². The van der Waals surface area contributed by atoms with Crippen molar-refractivity contribution in [1.29, 1.82) is 0 Å². The van der Waals surface area contributed by atoms with Gasteiger partial charge >= 0.3 is 5.97 Å². The Bertz CT molecular complexity index is 1010. The number of Topliss-reactive ketones (excluding diaryl/α,β-unsaturated/α-hetero) is 1. The molecule has 0 saturated carbocycles. The fraction of sp³-hybridized carbons (Fsp3) is 0.407. The monoisotopic (exact) mass is 438 g/mol. The molecule has 0 radical (unpaired) electrons. The molecule has 0 aliphatic heterocycles. The maximum Gasteiger partial charge on any atom is 0.328 e. The average Bonchev–Trinajstić information content (AvgIpc) is 2.75. The van der Waals surface area contributed by atoms with Crippen LogP contribution in [0.1, 0.15) is 68.4 Å². The molecule has 0 fully saturated rings. The standard InChI is InChI=1S/C27H34O5/c1-7-27(8-2,22-14-19(6)26(31)20(15-22)9-12-25(29)30)21-10-11-24(18(5)13-21)32-16-23(28)17(3)4/h9-15,17,31H,7-8,16H2,1-6H3,(H,29,30)/b12-9+. The van der Waals surface area contributed by atoms with E-state index in [-0.39, 0.29) is 29.5 Å². The topological polar surface area (TPSA) is 83.8 Å². The highest BCUT2D eigenvalue weighted by Crippen LogP contribution is 2.42. The highest BCUT2D eigenvalue weighted by molar-refractivity contribution is 5.86. The Hall–Kier alpha value is -3.08. The van der Waals surface area contributed by atoms with Crippen LogP contribution in [0.2, 0.25) is 0 Å². The predicted molar refractivity (Wildman–Crippen MR) is 127 cm³/mol. The summed E-state index contributed by atoms with van der Waals surface area (Å²) in [6, 6.07) is 9.88. The molecule has 5 nitrogen and oxygen atoms in total. The van der Waals surface area contributed by atoms with Gasteiger partial charge in [0, 0.05) is 23.0 Å². The lowest BCUT2D eigenvalue weighted by molar-refractivity contribution is -0.131. The van der Waals surface area contributed by atoms with E-state index in [2.05, 4.69) is 19.9 Å². The number of aromatic hydroxyl groups is 1. The van der Waals surface area contributed by atoms with Crippen molar-refractivity contribution < 1.29 is 24.5 Å². The molecule has 0 unspecified atom stereocenters. The van der Waals surface area contributed by atoms with Crippen molar-refractivity contribution in [3.63, 3.8) is 0 Å². The second-order valence-corrected chi connectivity index (χ2v) is 8.58. The Morgan fingerprint density at radius 2 is 1.66 bits per heavy atom. The van der Waals surface area contributed by atoms with Crippen molar-refractivity contribution in [2.45, 2.75) is 59.8 Å². The summed E-state index contributed by atoms with van der Waals surface area (Å²) in [5, 5.41) is 19.4. The highest BCUT2D eigenvalue weighted by atomic mass is 16.5. The summed E-state index contributed by atoms with van der Waals surface area (Å²) in [4.78, 5) is 22.9. The van der Waals surface area contributed by atoms with Gasteiger partial charge in [-0.2, -0.15) is 0 Å². The normalized spacial score (nSPS) is 11.8. The van der Waals surface area contributed by atoms with Gasteiger partial charge in [0.2, 0.25) is 0 Å². The average molecular weight is 439 g/mol. The summed E-state index contributed by atoms with van der Waals surface area (Å²) < 4.78 is 5.76. The zero-order valence-electron chi connectivity index (χ0n) is 19.9. The molecule has 2 N–H and O–H groups in total. The summed E-state index contributed by atoms with van der Waals surface area (Å²) >= 11 is 0. The zero-order valence-corrected chi connectivity index (χ0v) is 19.9. The molecular weight excluding hydrogens is 404 g/mol. The maximum absolute atomic E-state index is 11.9. The molecule has 0 heterocycles. The third-order valence-corrected chi connectivity index (χ3v) is 6.24. The molecule has 172 valence electrons. The number of hydrogen-bond acceptors (Lipinski definition) is 4. The minimum atomic E-state index is -1.06. The van der Waals surface area contributed by atoms with Crippen LogP contribution in [0.3, 0.4) is 0 Å². The molecule has 32 heavy (non-hydrogen) atoms. The van der Waals surface area contributed by atoms with E-state index in [1.807, 2.05) is 52.0 Å². The molecule has 0 amide bonds. The maximum atomic E-state index is 11.9. The second-order valence-electron chi connectivity index (χ2n) is 8.58. The van der Waals surface area contributed by atoms with Gasteiger partial charge in [0.1, 0.15) is 18.1 Å². The first-order chi connectivity index (χ1) is 15.0. The number of ether oxygens (including phenoxy) is 1. The van der Waals surface area contributed by atoms with Gasteiger partial charge in [0.05, 0.1) is 0 Å². The molecule has 0 saturated heterocycles. The predicted octanol–water partition coefficient (Wildman–Crippen LogP) is 5.82. The number of phenols is 1. The van der Waals surface area contributed by atoms with Crippen LogP contribution >= 0.6 is 0 Å². The molecule has 0 bridgehead atoms. The lowest BCUT2D eigenvalue weighted by Crippen LogP contribution is -2.26. The Labute approximate surface area is 190 Å². The van der Waals surface area contributed by atoms with Gasteiger partial charge in [-0.05, 0) is 67.2 Å². The van der Waals surface area contributed by atoms with E-state index in [9.17, 15) is 14.7 Å². The SMILES string of the molecule is CCC(CC)(c1ccc(OCC(=O)C(C)C)c(C)c1)c1cc(C)c(O)c(/C=C/C(=O)O)c1. The molecular formula is C27H34O5. The number of carboxylic acid groups (broad SMARTS) is 1. The van der Waals surface area contributed by atoms with Crippen molar-refractivity contribution in [3.8, 4) is 11.5 Å². The van der Waals surface area contributed by atoms with Crippen LogP contribution in [0, 0.1) is 19.8 Å². The summed E-state index contributed by atoms with van der Waals surface area (Å²) in [5.74, 6) is -0.291. The Morgan fingerprint density at radius 1 is 1.03 bits per heavy atom. The molecule has 5 heteroatoms. The molecule has 0 spiro atoms. The second kappa shape index (κ2) is 10.5. The van der Waals surface area contributed by atoms with E-state index in [0.29, 0.717) is 16.9 Å². The van der Waals surface area contributed by atoms with E-state index >= 15 is 0 Å². The summed E-state index contributed by atoms with van der Waals surface area (Å²) in [7, 11) is 0. The number of ketones is 1. The Balaban J connectivity index is 2.52. The van der Waals surface area contributed by atoms with E-state index in [1.165, 1.54) is 6.08 Å². The Kier molecular flexibility index (Phi) is 8.25. The first-order valence-corrected chi connectivity index (χ1v) is 11.1. The number of aryl methyl sites for hydroxylation is 2. The number of carbonyl (C=O) groups is 2. The van der Waals surface area contributed by atoms with Crippen molar-refractivity contribution >= 4 is 17.8 Å². The molecule has 0 aromatic heterocycles. The smallest absolute Gasteiger partial charge is 0.328 e. The number of phenolic OH excluding ortho intramolecular Hbond substituents is 1. The van der Waals surface area contributed by atoms with Crippen LogP contribution < -0.4 is 4.74 Å². The molecule has 0 atom stereocenters. The number of benzene rings is 2.